The van der Waals surface area contributed by atoms with Crippen molar-refractivity contribution in [1.82, 2.24) is 4.90 Å². The highest BCUT2D eigenvalue weighted by Crippen LogP contribution is 2.11. The molecule has 0 radical (unpaired) electrons. The third-order valence-corrected chi connectivity index (χ3v) is 3.81. The van der Waals surface area contributed by atoms with Crippen LogP contribution < -0.4 is 0 Å². The Morgan fingerprint density at radius 2 is 1.81 bits per heavy atom. The van der Waals surface area contributed by atoms with Crippen molar-refractivity contribution in [3.63, 3.8) is 0 Å². The second-order valence-corrected chi connectivity index (χ2v) is 5.15. The number of amides is 1. The summed E-state index contributed by atoms with van der Waals surface area (Å²) in [4.78, 5) is 14.1. The van der Waals surface area contributed by atoms with Crippen LogP contribution in [0.3, 0.4) is 0 Å². The summed E-state index contributed by atoms with van der Waals surface area (Å²) >= 11 is 0. The molecule has 1 amide bonds. The second kappa shape index (κ2) is 9.35. The predicted octanol–water partition coefficient (Wildman–Crippen LogP) is 3.27. The van der Waals surface area contributed by atoms with Crippen molar-refractivity contribution in [2.24, 2.45) is 0 Å². The molecule has 1 aromatic carbocycles. The van der Waals surface area contributed by atoms with Gasteiger partial charge in [-0.2, -0.15) is 0 Å². The van der Waals surface area contributed by atoms with E-state index in [-0.39, 0.29) is 18.6 Å². The molecule has 0 saturated carbocycles. The van der Waals surface area contributed by atoms with Crippen LogP contribution in [0.25, 0.3) is 6.08 Å². The summed E-state index contributed by atoms with van der Waals surface area (Å²) in [5.41, 5.74) is 2.31. The highest BCUT2D eigenvalue weighted by atomic mass is 16.3. The Balaban J connectivity index is 2.76. The maximum absolute atomic E-state index is 12.3. The molecule has 116 valence electrons. The SMILES string of the molecule is CCc1ccc(C=CC(=O)N(CCO)C(CC)CC)cc1. The largest absolute Gasteiger partial charge is 0.395 e. The summed E-state index contributed by atoms with van der Waals surface area (Å²) in [6, 6.07) is 8.40. The zero-order chi connectivity index (χ0) is 15.7. The third kappa shape index (κ3) is 5.35. The van der Waals surface area contributed by atoms with Crippen LogP contribution in [-0.2, 0) is 11.2 Å². The van der Waals surface area contributed by atoms with Gasteiger partial charge in [0.25, 0.3) is 0 Å². The molecule has 0 saturated heterocycles. The summed E-state index contributed by atoms with van der Waals surface area (Å²) in [6.07, 6.45) is 6.27. The van der Waals surface area contributed by atoms with E-state index in [1.807, 2.05) is 18.2 Å². The van der Waals surface area contributed by atoms with Gasteiger partial charge < -0.3 is 10.0 Å². The molecule has 0 fully saturated rings. The number of rotatable bonds is 8. The van der Waals surface area contributed by atoms with E-state index in [0.717, 1.165) is 24.8 Å². The zero-order valence-corrected chi connectivity index (χ0v) is 13.4. The first-order valence-corrected chi connectivity index (χ1v) is 7.84. The lowest BCUT2D eigenvalue weighted by Crippen LogP contribution is -2.40. The topological polar surface area (TPSA) is 40.5 Å². The Bertz CT molecular complexity index is 447. The van der Waals surface area contributed by atoms with Crippen LogP contribution in [-0.4, -0.2) is 35.1 Å². The van der Waals surface area contributed by atoms with Crippen LogP contribution in [0.1, 0.15) is 44.7 Å². The van der Waals surface area contributed by atoms with Crippen LogP contribution >= 0.6 is 0 Å². The molecule has 0 aliphatic carbocycles. The van der Waals surface area contributed by atoms with Gasteiger partial charge in [0.15, 0.2) is 0 Å². The molecule has 3 nitrogen and oxygen atoms in total. The average molecular weight is 289 g/mol. The maximum atomic E-state index is 12.3. The van der Waals surface area contributed by atoms with E-state index in [9.17, 15) is 4.79 Å². The average Bonchev–Trinajstić information content (AvgIpc) is 2.53. The molecule has 0 heterocycles. The van der Waals surface area contributed by atoms with Crippen LogP contribution in [0, 0.1) is 0 Å². The molecule has 1 N–H and O–H groups in total. The number of carbonyl (C=O) groups is 1. The number of aliphatic hydroxyl groups is 1. The van der Waals surface area contributed by atoms with Crippen LogP contribution in [0.4, 0.5) is 0 Å². The minimum atomic E-state index is -0.0303. The highest BCUT2D eigenvalue weighted by molar-refractivity contribution is 5.92. The third-order valence-electron chi connectivity index (χ3n) is 3.81. The van der Waals surface area contributed by atoms with Crippen molar-refractivity contribution in [2.75, 3.05) is 13.2 Å². The van der Waals surface area contributed by atoms with E-state index >= 15 is 0 Å². The first-order chi connectivity index (χ1) is 10.2. The van der Waals surface area contributed by atoms with Crippen LogP contribution in [0.15, 0.2) is 30.3 Å². The van der Waals surface area contributed by atoms with E-state index in [4.69, 9.17) is 5.11 Å². The number of nitrogens with zero attached hydrogens (tertiary/aromatic N) is 1. The van der Waals surface area contributed by atoms with Gasteiger partial charge in [0.2, 0.25) is 5.91 Å². The van der Waals surface area contributed by atoms with Crippen molar-refractivity contribution in [1.29, 1.82) is 0 Å². The monoisotopic (exact) mass is 289 g/mol. The number of aliphatic hydroxyl groups excluding tert-OH is 1. The molecular weight excluding hydrogens is 262 g/mol. The number of hydrogen-bond donors (Lipinski definition) is 1. The number of hydrogen-bond acceptors (Lipinski definition) is 2. The van der Waals surface area contributed by atoms with Gasteiger partial charge in [-0.25, -0.2) is 0 Å². The quantitative estimate of drug-likeness (QED) is 0.746. The van der Waals surface area contributed by atoms with E-state index in [2.05, 4.69) is 32.9 Å². The standard InChI is InChI=1S/C18H27NO2/c1-4-15-7-9-16(10-8-15)11-12-18(21)19(13-14-20)17(5-2)6-3/h7-12,17,20H,4-6,13-14H2,1-3H3. The van der Waals surface area contributed by atoms with Gasteiger partial charge in [0.05, 0.1) is 6.61 Å². The fourth-order valence-corrected chi connectivity index (χ4v) is 2.44. The van der Waals surface area contributed by atoms with E-state index in [1.165, 1.54) is 5.56 Å². The Kier molecular flexibility index (Phi) is 7.76. The molecule has 0 aliphatic heterocycles. The van der Waals surface area contributed by atoms with Crippen molar-refractivity contribution in [2.45, 2.75) is 46.1 Å². The molecule has 0 unspecified atom stereocenters. The molecule has 0 spiro atoms. The maximum Gasteiger partial charge on any atom is 0.246 e. The molecule has 0 bridgehead atoms. The smallest absolute Gasteiger partial charge is 0.246 e. The lowest BCUT2D eigenvalue weighted by molar-refractivity contribution is -0.128. The first kappa shape index (κ1) is 17.4. The highest BCUT2D eigenvalue weighted by Gasteiger charge is 2.18. The minimum Gasteiger partial charge on any atom is -0.395 e. The zero-order valence-electron chi connectivity index (χ0n) is 13.4. The van der Waals surface area contributed by atoms with Gasteiger partial charge in [-0.15, -0.1) is 0 Å². The fourth-order valence-electron chi connectivity index (χ4n) is 2.44. The van der Waals surface area contributed by atoms with Crippen LogP contribution in [0.2, 0.25) is 0 Å². The van der Waals surface area contributed by atoms with Crippen molar-refractivity contribution >= 4 is 12.0 Å². The number of benzene rings is 1. The first-order valence-electron chi connectivity index (χ1n) is 7.84. The Hall–Kier alpha value is -1.61. The molecule has 0 aliphatic rings. The molecule has 0 atom stereocenters. The lowest BCUT2D eigenvalue weighted by Gasteiger charge is -2.29. The second-order valence-electron chi connectivity index (χ2n) is 5.15. The van der Waals surface area contributed by atoms with Crippen molar-refractivity contribution in [3.8, 4) is 0 Å². The summed E-state index contributed by atoms with van der Waals surface area (Å²) in [6.45, 7) is 6.65. The molecule has 0 aromatic heterocycles. The van der Waals surface area contributed by atoms with E-state index in [0.29, 0.717) is 6.54 Å². The van der Waals surface area contributed by atoms with Crippen molar-refractivity contribution in [3.05, 3.63) is 41.5 Å². The minimum absolute atomic E-state index is 0.00127. The van der Waals surface area contributed by atoms with Crippen molar-refractivity contribution < 1.29 is 9.90 Å². The van der Waals surface area contributed by atoms with Gasteiger partial charge in [-0.3, -0.25) is 4.79 Å². The van der Waals surface area contributed by atoms with Gasteiger partial charge in [-0.1, -0.05) is 45.0 Å². The van der Waals surface area contributed by atoms with E-state index < -0.39 is 0 Å². The normalized spacial score (nSPS) is 11.3. The fraction of sp³-hybridized carbons (Fsp3) is 0.500. The summed E-state index contributed by atoms with van der Waals surface area (Å²) in [7, 11) is 0. The van der Waals surface area contributed by atoms with Gasteiger partial charge in [-0.05, 0) is 36.5 Å². The van der Waals surface area contributed by atoms with Crippen LogP contribution in [0.5, 0.6) is 0 Å². The molecule has 3 heteroatoms. The van der Waals surface area contributed by atoms with Gasteiger partial charge in [0.1, 0.15) is 0 Å². The summed E-state index contributed by atoms with van der Waals surface area (Å²) in [5.74, 6) is -0.0303. The Morgan fingerprint density at radius 1 is 1.19 bits per heavy atom. The lowest BCUT2D eigenvalue weighted by atomic mass is 10.1. The number of aryl methyl sites for hydroxylation is 1. The molecule has 1 rings (SSSR count). The van der Waals surface area contributed by atoms with Gasteiger partial charge in [0, 0.05) is 18.7 Å². The Morgan fingerprint density at radius 3 is 2.29 bits per heavy atom. The Labute approximate surface area is 128 Å². The molecule has 21 heavy (non-hydrogen) atoms. The molecule has 1 aromatic rings. The molecular formula is C18H27NO2. The summed E-state index contributed by atoms with van der Waals surface area (Å²) < 4.78 is 0. The summed E-state index contributed by atoms with van der Waals surface area (Å²) in [5, 5.41) is 9.15. The van der Waals surface area contributed by atoms with Gasteiger partial charge >= 0.3 is 0 Å². The van der Waals surface area contributed by atoms with E-state index in [1.54, 1.807) is 11.0 Å². The number of carbonyl (C=O) groups excluding carboxylic acids is 1. The predicted molar refractivity (Wildman–Crippen MR) is 88.0 cm³/mol.